The molecule has 1 aromatic carbocycles. The number of hydrogen-bond acceptors (Lipinski definition) is 5. The SMILES string of the molecule is CNc1cc(N(CCO)CC(F)F)cc([N+](=O)[O-])c1. The van der Waals surface area contributed by atoms with E-state index in [1.807, 2.05) is 0 Å². The first-order chi connectivity index (χ1) is 8.97. The van der Waals surface area contributed by atoms with E-state index < -0.39 is 17.9 Å². The third-order valence-electron chi connectivity index (χ3n) is 2.50. The third-order valence-corrected chi connectivity index (χ3v) is 2.50. The zero-order chi connectivity index (χ0) is 14.4. The number of halogens is 2. The molecule has 0 saturated heterocycles. The van der Waals surface area contributed by atoms with Gasteiger partial charge in [0.1, 0.15) is 0 Å². The molecule has 0 aliphatic heterocycles. The quantitative estimate of drug-likeness (QED) is 0.585. The van der Waals surface area contributed by atoms with Crippen LogP contribution in [0.1, 0.15) is 0 Å². The molecule has 0 aliphatic carbocycles. The molecule has 0 saturated carbocycles. The van der Waals surface area contributed by atoms with Crippen LogP contribution in [-0.2, 0) is 0 Å². The van der Waals surface area contributed by atoms with E-state index in [4.69, 9.17) is 5.11 Å². The Bertz CT molecular complexity index is 443. The summed E-state index contributed by atoms with van der Waals surface area (Å²) < 4.78 is 24.9. The number of hydrogen-bond donors (Lipinski definition) is 2. The van der Waals surface area contributed by atoms with Crippen molar-refractivity contribution >= 4 is 17.1 Å². The Morgan fingerprint density at radius 2 is 2.16 bits per heavy atom. The Balaban J connectivity index is 3.13. The van der Waals surface area contributed by atoms with Crippen LogP contribution in [0.25, 0.3) is 0 Å². The van der Waals surface area contributed by atoms with Gasteiger partial charge in [-0.25, -0.2) is 8.78 Å². The van der Waals surface area contributed by atoms with E-state index >= 15 is 0 Å². The van der Waals surface area contributed by atoms with E-state index in [2.05, 4.69) is 5.32 Å². The molecule has 1 rings (SSSR count). The van der Waals surface area contributed by atoms with Gasteiger partial charge < -0.3 is 15.3 Å². The minimum atomic E-state index is -2.59. The van der Waals surface area contributed by atoms with Gasteiger partial charge >= 0.3 is 0 Å². The molecule has 0 bridgehead atoms. The Morgan fingerprint density at radius 3 is 2.63 bits per heavy atom. The number of rotatable bonds is 7. The van der Waals surface area contributed by atoms with Crippen LogP contribution in [0.5, 0.6) is 0 Å². The molecule has 6 nitrogen and oxygen atoms in total. The van der Waals surface area contributed by atoms with Gasteiger partial charge in [0.25, 0.3) is 12.1 Å². The lowest BCUT2D eigenvalue weighted by atomic mass is 10.2. The number of nitro benzene ring substituents is 1. The number of nitrogens with one attached hydrogen (secondary N) is 1. The predicted molar refractivity (Wildman–Crippen MR) is 67.9 cm³/mol. The van der Waals surface area contributed by atoms with Crippen LogP contribution in [-0.4, -0.2) is 43.2 Å². The number of benzene rings is 1. The summed E-state index contributed by atoms with van der Waals surface area (Å²) in [6.07, 6.45) is -2.59. The van der Waals surface area contributed by atoms with Crippen LogP contribution >= 0.6 is 0 Å². The lowest BCUT2D eigenvalue weighted by molar-refractivity contribution is -0.384. The van der Waals surface area contributed by atoms with Gasteiger partial charge in [-0.1, -0.05) is 0 Å². The van der Waals surface area contributed by atoms with Crippen molar-refractivity contribution in [2.45, 2.75) is 6.43 Å². The van der Waals surface area contributed by atoms with Crippen molar-refractivity contribution in [3.05, 3.63) is 28.3 Å². The van der Waals surface area contributed by atoms with Crippen LogP contribution in [0, 0.1) is 10.1 Å². The van der Waals surface area contributed by atoms with Crippen LogP contribution < -0.4 is 10.2 Å². The summed E-state index contributed by atoms with van der Waals surface area (Å²) in [6, 6.07) is 4.03. The summed E-state index contributed by atoms with van der Waals surface area (Å²) in [5, 5.41) is 22.4. The monoisotopic (exact) mass is 275 g/mol. The van der Waals surface area contributed by atoms with Gasteiger partial charge in [-0.15, -0.1) is 0 Å². The molecular weight excluding hydrogens is 260 g/mol. The molecule has 2 N–H and O–H groups in total. The first-order valence-electron chi connectivity index (χ1n) is 5.59. The largest absolute Gasteiger partial charge is 0.395 e. The highest BCUT2D eigenvalue weighted by Crippen LogP contribution is 2.27. The average molecular weight is 275 g/mol. The van der Waals surface area contributed by atoms with Crippen molar-refractivity contribution in [2.24, 2.45) is 0 Å². The lowest BCUT2D eigenvalue weighted by Gasteiger charge is -2.23. The van der Waals surface area contributed by atoms with Gasteiger partial charge in [0.05, 0.1) is 18.1 Å². The van der Waals surface area contributed by atoms with Crippen molar-refractivity contribution in [3.8, 4) is 0 Å². The molecule has 0 unspecified atom stereocenters. The minimum absolute atomic E-state index is 0.0192. The number of aliphatic hydroxyl groups excluding tert-OH is 1. The summed E-state index contributed by atoms with van der Waals surface area (Å²) in [7, 11) is 1.58. The molecule has 0 fully saturated rings. The van der Waals surface area contributed by atoms with Gasteiger partial charge in [0, 0.05) is 37.1 Å². The molecule has 0 atom stereocenters. The first kappa shape index (κ1) is 15.1. The molecule has 1 aromatic rings. The summed E-state index contributed by atoms with van der Waals surface area (Å²) in [5.41, 5.74) is 0.522. The first-order valence-corrected chi connectivity index (χ1v) is 5.59. The number of nitrogens with zero attached hydrogens (tertiary/aromatic N) is 2. The fourth-order valence-corrected chi connectivity index (χ4v) is 1.64. The highest BCUT2D eigenvalue weighted by molar-refractivity contribution is 5.64. The van der Waals surface area contributed by atoms with Gasteiger partial charge in [0.15, 0.2) is 0 Å². The highest BCUT2D eigenvalue weighted by Gasteiger charge is 2.17. The van der Waals surface area contributed by atoms with E-state index in [1.165, 1.54) is 23.1 Å². The Labute approximate surface area is 108 Å². The smallest absolute Gasteiger partial charge is 0.273 e. The number of alkyl halides is 2. The second-order valence-corrected chi connectivity index (χ2v) is 3.81. The molecule has 0 aromatic heterocycles. The molecule has 0 amide bonds. The van der Waals surface area contributed by atoms with E-state index in [1.54, 1.807) is 7.05 Å². The highest BCUT2D eigenvalue weighted by atomic mass is 19.3. The molecule has 0 radical (unpaired) electrons. The number of anilines is 2. The van der Waals surface area contributed by atoms with Crippen LogP contribution in [0.3, 0.4) is 0 Å². The second-order valence-electron chi connectivity index (χ2n) is 3.81. The normalized spacial score (nSPS) is 10.6. The third kappa shape index (κ3) is 4.32. The zero-order valence-electron chi connectivity index (χ0n) is 10.3. The Morgan fingerprint density at radius 1 is 1.47 bits per heavy atom. The van der Waals surface area contributed by atoms with E-state index in [-0.39, 0.29) is 24.5 Å². The summed E-state index contributed by atoms with van der Waals surface area (Å²) >= 11 is 0. The van der Waals surface area contributed by atoms with Crippen LogP contribution in [0.4, 0.5) is 25.8 Å². The molecule has 0 heterocycles. The molecule has 8 heteroatoms. The maximum atomic E-state index is 12.5. The fourth-order valence-electron chi connectivity index (χ4n) is 1.64. The number of aliphatic hydroxyl groups is 1. The average Bonchev–Trinajstić information content (AvgIpc) is 2.37. The maximum Gasteiger partial charge on any atom is 0.273 e. The van der Waals surface area contributed by atoms with Crippen molar-refractivity contribution in [1.82, 2.24) is 0 Å². The van der Waals surface area contributed by atoms with E-state index in [0.29, 0.717) is 5.69 Å². The molecule has 0 spiro atoms. The Hall–Kier alpha value is -1.96. The number of nitro groups is 1. The van der Waals surface area contributed by atoms with Crippen LogP contribution in [0.2, 0.25) is 0 Å². The molecular formula is C11H15F2N3O3. The number of non-ortho nitro benzene ring substituents is 1. The molecule has 19 heavy (non-hydrogen) atoms. The van der Waals surface area contributed by atoms with Gasteiger partial charge in [-0.3, -0.25) is 10.1 Å². The topological polar surface area (TPSA) is 78.6 Å². The predicted octanol–water partition coefficient (Wildman–Crippen LogP) is 1.70. The van der Waals surface area contributed by atoms with Gasteiger partial charge in [0.2, 0.25) is 0 Å². The standard InChI is InChI=1S/C11H15F2N3O3/c1-14-8-4-9(6-10(5-8)16(18)19)15(2-3-17)7-11(12)13/h4-6,11,14,17H,2-3,7H2,1H3. The summed E-state index contributed by atoms with van der Waals surface area (Å²) in [4.78, 5) is 11.4. The van der Waals surface area contributed by atoms with Crippen molar-refractivity contribution in [1.29, 1.82) is 0 Å². The summed E-state index contributed by atoms with van der Waals surface area (Å²) in [5.74, 6) is 0. The van der Waals surface area contributed by atoms with E-state index in [0.717, 1.165) is 0 Å². The van der Waals surface area contributed by atoms with Gasteiger partial charge in [-0.05, 0) is 6.07 Å². The van der Waals surface area contributed by atoms with Crippen molar-refractivity contribution < 1.29 is 18.8 Å². The van der Waals surface area contributed by atoms with Gasteiger partial charge in [-0.2, -0.15) is 0 Å². The van der Waals surface area contributed by atoms with E-state index in [9.17, 15) is 18.9 Å². The zero-order valence-corrected chi connectivity index (χ0v) is 10.3. The maximum absolute atomic E-state index is 12.5. The van der Waals surface area contributed by atoms with Crippen molar-refractivity contribution in [2.75, 3.05) is 37.0 Å². The Kier molecular flexibility index (Phi) is 5.43. The molecule has 0 aliphatic rings. The minimum Gasteiger partial charge on any atom is -0.395 e. The van der Waals surface area contributed by atoms with Crippen molar-refractivity contribution in [3.63, 3.8) is 0 Å². The molecule has 106 valence electrons. The second kappa shape index (κ2) is 6.83. The van der Waals surface area contributed by atoms with Crippen LogP contribution in [0.15, 0.2) is 18.2 Å². The fraction of sp³-hybridized carbons (Fsp3) is 0.455. The summed E-state index contributed by atoms with van der Waals surface area (Å²) in [6.45, 7) is -0.927. The lowest BCUT2D eigenvalue weighted by Crippen LogP contribution is -2.31.